The van der Waals surface area contributed by atoms with Gasteiger partial charge in [0.2, 0.25) is 5.91 Å². The Balaban J connectivity index is 1.14. The third-order valence-electron chi connectivity index (χ3n) is 7.97. The zero-order chi connectivity index (χ0) is 29.4. The van der Waals surface area contributed by atoms with Gasteiger partial charge in [-0.3, -0.25) is 9.69 Å². The van der Waals surface area contributed by atoms with Crippen molar-refractivity contribution in [1.29, 1.82) is 0 Å². The predicted octanol–water partition coefficient (Wildman–Crippen LogP) is 4.43. The van der Waals surface area contributed by atoms with Crippen molar-refractivity contribution in [2.45, 2.75) is 13.0 Å². The maximum absolute atomic E-state index is 14.3. The van der Waals surface area contributed by atoms with E-state index in [4.69, 9.17) is 9.47 Å². The first-order valence-electron chi connectivity index (χ1n) is 14.8. The number of para-hydroxylation sites is 1. The Morgan fingerprint density at radius 3 is 2.47 bits per heavy atom. The largest absolute Gasteiger partial charge is 0.491 e. The van der Waals surface area contributed by atoms with E-state index in [0.717, 1.165) is 28.0 Å². The summed E-state index contributed by atoms with van der Waals surface area (Å²) in [5.74, 6) is 0.699. The highest BCUT2D eigenvalue weighted by molar-refractivity contribution is 5.78. The third kappa shape index (κ3) is 7.36. The van der Waals surface area contributed by atoms with Crippen LogP contribution in [0, 0.1) is 5.82 Å². The second-order valence-corrected chi connectivity index (χ2v) is 10.9. The number of anilines is 1. The molecule has 0 unspecified atom stereocenters. The van der Waals surface area contributed by atoms with Crippen LogP contribution in [0.5, 0.6) is 5.75 Å². The van der Waals surface area contributed by atoms with Gasteiger partial charge in [-0.2, -0.15) is 0 Å². The lowest BCUT2D eigenvalue weighted by atomic mass is 9.98. The summed E-state index contributed by atoms with van der Waals surface area (Å²) in [6, 6.07) is 21.5. The highest BCUT2D eigenvalue weighted by atomic mass is 19.1. The zero-order valence-electron chi connectivity index (χ0n) is 24.2. The third-order valence-corrected chi connectivity index (χ3v) is 7.97. The number of hydrogen-bond donors (Lipinski definition) is 0. The molecule has 0 saturated carbocycles. The molecule has 1 amide bonds. The van der Waals surface area contributed by atoms with Crippen molar-refractivity contribution in [3.8, 4) is 16.9 Å². The molecule has 0 spiro atoms. The van der Waals surface area contributed by atoms with Crippen molar-refractivity contribution in [2.75, 3.05) is 64.0 Å². The summed E-state index contributed by atoms with van der Waals surface area (Å²) in [6.45, 7) is 5.32. The summed E-state index contributed by atoms with van der Waals surface area (Å²) in [7, 11) is 0. The summed E-state index contributed by atoms with van der Waals surface area (Å²) < 4.78 is 26.3. The summed E-state index contributed by atoms with van der Waals surface area (Å²) in [5.41, 5.74) is 5.98. The number of hydrogen-bond acceptors (Lipinski definition) is 7. The van der Waals surface area contributed by atoms with E-state index in [1.54, 1.807) is 12.1 Å². The molecule has 2 aliphatic heterocycles. The summed E-state index contributed by atoms with van der Waals surface area (Å²) in [4.78, 5) is 27.8. The van der Waals surface area contributed by atoms with Gasteiger partial charge in [-0.05, 0) is 46.5 Å². The van der Waals surface area contributed by atoms with E-state index in [0.29, 0.717) is 77.7 Å². The number of nitrogens with zero attached hydrogens (tertiary/aromatic N) is 5. The molecular weight excluding hydrogens is 545 g/mol. The van der Waals surface area contributed by atoms with Crippen LogP contribution in [-0.2, 0) is 22.5 Å². The second kappa shape index (κ2) is 13.8. The molecule has 0 radical (unpaired) electrons. The van der Waals surface area contributed by atoms with E-state index in [-0.39, 0.29) is 11.7 Å². The van der Waals surface area contributed by atoms with Crippen LogP contribution >= 0.6 is 0 Å². The number of benzene rings is 3. The van der Waals surface area contributed by atoms with Crippen LogP contribution in [0.1, 0.15) is 16.7 Å². The molecule has 4 aromatic rings. The number of halogens is 1. The van der Waals surface area contributed by atoms with Gasteiger partial charge in [-0.25, -0.2) is 14.4 Å². The summed E-state index contributed by atoms with van der Waals surface area (Å²) in [5, 5.41) is 0. The quantitative estimate of drug-likeness (QED) is 0.353. The van der Waals surface area contributed by atoms with Crippen LogP contribution in [0.2, 0.25) is 0 Å². The average Bonchev–Trinajstić information content (AvgIpc) is 3.04. The molecule has 1 fully saturated rings. The Kier molecular flexibility index (Phi) is 9.20. The molecule has 1 aromatic heterocycles. The summed E-state index contributed by atoms with van der Waals surface area (Å²) in [6.07, 6.45) is 5.86. The van der Waals surface area contributed by atoms with Crippen LogP contribution in [0.4, 0.5) is 10.1 Å². The predicted molar refractivity (Wildman–Crippen MR) is 163 cm³/mol. The normalized spacial score (nSPS) is 16.6. The first-order valence-corrected chi connectivity index (χ1v) is 14.8. The lowest BCUT2D eigenvalue weighted by Gasteiger charge is -2.37. The first kappa shape index (κ1) is 28.8. The van der Waals surface area contributed by atoms with E-state index in [9.17, 15) is 9.18 Å². The molecule has 6 rings (SSSR count). The SMILES string of the molecule is O=C(CN1CCOCCOc2ccc(-c3cncnc3)cc2Cc2cccc(c2)C1)N1CCN(c2ccccc2F)CC1. The van der Waals surface area contributed by atoms with Crippen molar-refractivity contribution < 1.29 is 18.7 Å². The fraction of sp³-hybridized carbons (Fsp3) is 0.324. The number of carbonyl (C=O) groups excluding carboxylic acids is 1. The van der Waals surface area contributed by atoms with Crippen LogP contribution in [0.25, 0.3) is 11.1 Å². The topological polar surface area (TPSA) is 71.0 Å². The average molecular weight is 582 g/mol. The van der Waals surface area contributed by atoms with Gasteiger partial charge >= 0.3 is 0 Å². The minimum atomic E-state index is -0.226. The van der Waals surface area contributed by atoms with E-state index in [2.05, 4.69) is 45.2 Å². The zero-order valence-corrected chi connectivity index (χ0v) is 24.2. The molecule has 3 aromatic carbocycles. The molecule has 43 heavy (non-hydrogen) atoms. The molecule has 2 bridgehead atoms. The smallest absolute Gasteiger partial charge is 0.236 e. The molecular formula is C34H36FN5O3. The molecule has 0 aliphatic carbocycles. The molecule has 8 nitrogen and oxygen atoms in total. The Labute approximate surface area is 251 Å². The number of ether oxygens (including phenoxy) is 2. The lowest BCUT2D eigenvalue weighted by Crippen LogP contribution is -2.51. The molecule has 1 saturated heterocycles. The van der Waals surface area contributed by atoms with Gasteiger partial charge in [0.25, 0.3) is 0 Å². The molecule has 9 heteroatoms. The number of carbonyl (C=O) groups is 1. The van der Waals surface area contributed by atoms with Crippen LogP contribution in [-0.4, -0.2) is 84.8 Å². The highest BCUT2D eigenvalue weighted by Crippen LogP contribution is 2.29. The van der Waals surface area contributed by atoms with Crippen LogP contribution in [0.15, 0.2) is 85.5 Å². The van der Waals surface area contributed by atoms with E-state index < -0.39 is 0 Å². The molecule has 0 N–H and O–H groups in total. The van der Waals surface area contributed by atoms with Gasteiger partial charge in [-0.1, -0.05) is 42.5 Å². The van der Waals surface area contributed by atoms with E-state index in [1.807, 2.05) is 40.4 Å². The minimum absolute atomic E-state index is 0.0835. The van der Waals surface area contributed by atoms with E-state index in [1.165, 1.54) is 18.0 Å². The number of fused-ring (bicyclic) bond motifs is 3. The Morgan fingerprint density at radius 1 is 0.814 bits per heavy atom. The highest BCUT2D eigenvalue weighted by Gasteiger charge is 2.24. The Morgan fingerprint density at radius 2 is 1.63 bits per heavy atom. The Hall–Kier alpha value is -4.34. The van der Waals surface area contributed by atoms with Crippen LogP contribution in [0.3, 0.4) is 0 Å². The number of amides is 1. The summed E-state index contributed by atoms with van der Waals surface area (Å²) >= 11 is 0. The number of piperazine rings is 1. The van der Waals surface area contributed by atoms with Crippen LogP contribution < -0.4 is 9.64 Å². The molecule has 222 valence electrons. The van der Waals surface area contributed by atoms with Crippen molar-refractivity contribution in [1.82, 2.24) is 19.8 Å². The monoisotopic (exact) mass is 581 g/mol. The van der Waals surface area contributed by atoms with E-state index >= 15 is 0 Å². The van der Waals surface area contributed by atoms with Gasteiger partial charge in [0.05, 0.1) is 25.4 Å². The van der Waals surface area contributed by atoms with Gasteiger partial charge in [0.1, 0.15) is 24.5 Å². The maximum Gasteiger partial charge on any atom is 0.236 e. The maximum atomic E-state index is 14.3. The van der Waals surface area contributed by atoms with Gasteiger partial charge < -0.3 is 19.3 Å². The minimum Gasteiger partial charge on any atom is -0.491 e. The second-order valence-electron chi connectivity index (χ2n) is 10.9. The first-order chi connectivity index (χ1) is 21.1. The number of aromatic nitrogens is 2. The number of rotatable bonds is 4. The molecule has 0 atom stereocenters. The standard InChI is InChI=1S/C34H36FN5O3/c35-31-6-1-2-7-32(31)39-10-12-40(13-11-39)34(41)24-38-14-15-42-16-17-43-33-9-8-28(30-21-36-25-37-22-30)20-29(33)19-26-4-3-5-27(18-26)23-38/h1-9,18,20-22,25H,10-17,19,23-24H2. The van der Waals surface area contributed by atoms with Gasteiger partial charge in [-0.15, -0.1) is 0 Å². The van der Waals surface area contributed by atoms with Crippen molar-refractivity contribution in [3.05, 3.63) is 108 Å². The lowest BCUT2D eigenvalue weighted by molar-refractivity contribution is -0.133. The van der Waals surface area contributed by atoms with Gasteiger partial charge in [0.15, 0.2) is 0 Å². The molecule has 2 aliphatic rings. The molecule has 3 heterocycles. The van der Waals surface area contributed by atoms with Crippen molar-refractivity contribution in [2.24, 2.45) is 0 Å². The Bertz CT molecular complexity index is 1530. The fourth-order valence-corrected chi connectivity index (χ4v) is 5.72. The van der Waals surface area contributed by atoms with Crippen molar-refractivity contribution in [3.63, 3.8) is 0 Å². The van der Waals surface area contributed by atoms with Gasteiger partial charge in [0, 0.05) is 63.6 Å². The fourth-order valence-electron chi connectivity index (χ4n) is 5.72. The van der Waals surface area contributed by atoms with Crippen molar-refractivity contribution >= 4 is 11.6 Å².